The van der Waals surface area contributed by atoms with Gasteiger partial charge in [-0.2, -0.15) is 0 Å². The molecule has 0 amide bonds. The summed E-state index contributed by atoms with van der Waals surface area (Å²) in [7, 11) is -0.455. The molecule has 5 heteroatoms. The van der Waals surface area contributed by atoms with Gasteiger partial charge in [-0.3, -0.25) is 0 Å². The first-order valence-corrected chi connectivity index (χ1v) is 6.99. The normalized spacial score (nSPS) is 21.3. The van der Waals surface area contributed by atoms with Gasteiger partial charge in [0.2, 0.25) is 0 Å². The van der Waals surface area contributed by atoms with Crippen LogP contribution in [0.5, 0.6) is 0 Å². The van der Waals surface area contributed by atoms with Gasteiger partial charge in [0.15, 0.2) is 0 Å². The van der Waals surface area contributed by atoms with E-state index in [1.54, 1.807) is 24.2 Å². The molecule has 1 aromatic rings. The van der Waals surface area contributed by atoms with Crippen LogP contribution in [0.1, 0.15) is 33.3 Å². The van der Waals surface area contributed by atoms with Crippen LogP contribution in [0, 0.1) is 5.82 Å². The van der Waals surface area contributed by atoms with Gasteiger partial charge in [0.05, 0.1) is 11.2 Å². The van der Waals surface area contributed by atoms with Gasteiger partial charge in [-0.05, 0) is 45.9 Å². The molecule has 0 aliphatic carbocycles. The Morgan fingerprint density at radius 3 is 2.32 bits per heavy atom. The van der Waals surface area contributed by atoms with Gasteiger partial charge >= 0.3 is 7.12 Å². The maximum atomic E-state index is 13.6. The number of halogens is 2. The molecule has 1 aliphatic rings. The molecule has 1 aromatic carbocycles. The number of benzene rings is 1. The standard InChI is InChI=1S/C14H17BBrFO2/c1-13(2)14(3,4)19-15(18-13)8-7-10-9-11(16)5-6-12(10)17/h5-9H,1-4H3/b8-7+. The van der Waals surface area contributed by atoms with Crippen LogP contribution < -0.4 is 0 Å². The lowest BCUT2D eigenvalue weighted by Crippen LogP contribution is -2.41. The highest BCUT2D eigenvalue weighted by atomic mass is 79.9. The van der Waals surface area contributed by atoms with Crippen molar-refractivity contribution in [3.8, 4) is 0 Å². The van der Waals surface area contributed by atoms with E-state index in [2.05, 4.69) is 15.9 Å². The van der Waals surface area contributed by atoms with Gasteiger partial charge in [0, 0.05) is 10.0 Å². The number of rotatable bonds is 2. The summed E-state index contributed by atoms with van der Waals surface area (Å²) in [6, 6.07) is 4.81. The molecule has 19 heavy (non-hydrogen) atoms. The highest BCUT2D eigenvalue weighted by Gasteiger charge is 2.49. The second-order valence-corrected chi connectivity index (χ2v) is 6.57. The van der Waals surface area contributed by atoms with Crippen LogP contribution in [0.15, 0.2) is 28.6 Å². The van der Waals surface area contributed by atoms with Gasteiger partial charge in [-0.1, -0.05) is 28.0 Å². The summed E-state index contributed by atoms with van der Waals surface area (Å²) in [5, 5.41) is 0. The molecule has 0 unspecified atom stereocenters. The highest BCUT2D eigenvalue weighted by Crippen LogP contribution is 2.37. The third kappa shape index (κ3) is 3.10. The zero-order valence-corrected chi connectivity index (χ0v) is 13.1. The Balaban J connectivity index is 2.15. The van der Waals surface area contributed by atoms with E-state index in [4.69, 9.17) is 9.31 Å². The minimum absolute atomic E-state index is 0.268. The topological polar surface area (TPSA) is 18.5 Å². The average Bonchev–Trinajstić information content (AvgIpc) is 2.49. The molecule has 2 rings (SSSR count). The van der Waals surface area contributed by atoms with E-state index in [9.17, 15) is 4.39 Å². The minimum atomic E-state index is -0.455. The van der Waals surface area contributed by atoms with E-state index in [0.29, 0.717) is 5.56 Å². The largest absolute Gasteiger partial charge is 0.487 e. The van der Waals surface area contributed by atoms with Crippen LogP contribution in [0.25, 0.3) is 6.08 Å². The maximum absolute atomic E-state index is 13.6. The summed E-state index contributed by atoms with van der Waals surface area (Å²) in [6.07, 6.45) is 1.68. The highest BCUT2D eigenvalue weighted by molar-refractivity contribution is 9.10. The molecule has 2 nitrogen and oxygen atoms in total. The minimum Gasteiger partial charge on any atom is -0.400 e. The molecular weight excluding hydrogens is 310 g/mol. The van der Waals surface area contributed by atoms with Gasteiger partial charge < -0.3 is 9.31 Å². The van der Waals surface area contributed by atoms with Crippen LogP contribution in [0.2, 0.25) is 0 Å². The third-order valence-electron chi connectivity index (χ3n) is 3.66. The number of hydrogen-bond donors (Lipinski definition) is 0. The lowest BCUT2D eigenvalue weighted by atomic mass is 9.89. The Kier molecular flexibility index (Phi) is 3.91. The van der Waals surface area contributed by atoms with Crippen LogP contribution in [0.3, 0.4) is 0 Å². The van der Waals surface area contributed by atoms with Crippen molar-refractivity contribution < 1.29 is 13.7 Å². The molecule has 1 fully saturated rings. The molecule has 1 heterocycles. The fraction of sp³-hybridized carbons (Fsp3) is 0.429. The molecule has 1 saturated heterocycles. The molecule has 0 spiro atoms. The lowest BCUT2D eigenvalue weighted by Gasteiger charge is -2.32. The number of hydrogen-bond acceptors (Lipinski definition) is 2. The summed E-state index contributed by atoms with van der Waals surface area (Å²) in [4.78, 5) is 0. The predicted octanol–water partition coefficient (Wildman–Crippen LogP) is 4.23. The second kappa shape index (κ2) is 5.04. The summed E-state index contributed by atoms with van der Waals surface area (Å²) in [5.74, 6) is 1.47. The van der Waals surface area contributed by atoms with Gasteiger partial charge in [0.25, 0.3) is 0 Å². The molecule has 0 bridgehead atoms. The van der Waals surface area contributed by atoms with Gasteiger partial charge in [-0.25, -0.2) is 4.39 Å². The predicted molar refractivity (Wildman–Crippen MR) is 79.2 cm³/mol. The van der Waals surface area contributed by atoms with Crippen molar-refractivity contribution in [1.29, 1.82) is 0 Å². The Bertz CT molecular complexity index is 498. The van der Waals surface area contributed by atoms with E-state index in [1.807, 2.05) is 27.7 Å². The van der Waals surface area contributed by atoms with Crippen molar-refractivity contribution >= 4 is 29.1 Å². The molecule has 0 radical (unpaired) electrons. The van der Waals surface area contributed by atoms with Crippen molar-refractivity contribution in [3.63, 3.8) is 0 Å². The monoisotopic (exact) mass is 326 g/mol. The molecular formula is C14H17BBrFO2. The van der Waals surface area contributed by atoms with Crippen LogP contribution in [0.4, 0.5) is 4.39 Å². The SMILES string of the molecule is CC1(C)OB(/C=C/c2cc(Br)ccc2F)OC1(C)C. The quantitative estimate of drug-likeness (QED) is 0.757. The lowest BCUT2D eigenvalue weighted by molar-refractivity contribution is 0.00578. The average molecular weight is 327 g/mol. The van der Waals surface area contributed by atoms with Crippen molar-refractivity contribution in [2.24, 2.45) is 0 Å². The first-order valence-electron chi connectivity index (χ1n) is 6.20. The van der Waals surface area contributed by atoms with E-state index < -0.39 is 7.12 Å². The molecule has 0 N–H and O–H groups in total. The van der Waals surface area contributed by atoms with Crippen LogP contribution >= 0.6 is 15.9 Å². The zero-order valence-electron chi connectivity index (χ0n) is 11.5. The molecule has 0 saturated carbocycles. The van der Waals surface area contributed by atoms with Crippen molar-refractivity contribution in [2.45, 2.75) is 38.9 Å². The molecule has 0 aromatic heterocycles. The molecule has 102 valence electrons. The zero-order chi connectivity index (χ0) is 14.3. The smallest absolute Gasteiger partial charge is 0.400 e. The maximum Gasteiger partial charge on any atom is 0.487 e. The fourth-order valence-corrected chi connectivity index (χ4v) is 2.17. The fourth-order valence-electron chi connectivity index (χ4n) is 1.79. The van der Waals surface area contributed by atoms with E-state index in [0.717, 1.165) is 4.47 Å². The van der Waals surface area contributed by atoms with E-state index in [-0.39, 0.29) is 17.0 Å². The van der Waals surface area contributed by atoms with Gasteiger partial charge in [-0.15, -0.1) is 0 Å². The Hall–Kier alpha value is -0.645. The van der Waals surface area contributed by atoms with Crippen LogP contribution in [-0.4, -0.2) is 18.3 Å². The molecule has 1 aliphatic heterocycles. The Morgan fingerprint density at radius 1 is 1.16 bits per heavy atom. The third-order valence-corrected chi connectivity index (χ3v) is 4.16. The summed E-state index contributed by atoms with van der Waals surface area (Å²) in [6.45, 7) is 7.95. The van der Waals surface area contributed by atoms with Crippen LogP contribution in [-0.2, 0) is 9.31 Å². The van der Waals surface area contributed by atoms with Gasteiger partial charge in [0.1, 0.15) is 5.82 Å². The first kappa shape index (κ1) is 14.8. The van der Waals surface area contributed by atoms with E-state index in [1.165, 1.54) is 6.07 Å². The Morgan fingerprint density at radius 2 is 1.74 bits per heavy atom. The van der Waals surface area contributed by atoms with Crippen molar-refractivity contribution in [3.05, 3.63) is 40.0 Å². The summed E-state index contributed by atoms with van der Waals surface area (Å²) >= 11 is 3.32. The second-order valence-electron chi connectivity index (χ2n) is 5.65. The van der Waals surface area contributed by atoms with Crippen molar-refractivity contribution in [1.82, 2.24) is 0 Å². The van der Waals surface area contributed by atoms with E-state index >= 15 is 0 Å². The van der Waals surface area contributed by atoms with Crippen molar-refractivity contribution in [2.75, 3.05) is 0 Å². The summed E-state index contributed by atoms with van der Waals surface area (Å²) in [5.41, 5.74) is -0.251. The summed E-state index contributed by atoms with van der Waals surface area (Å²) < 4.78 is 26.1. The molecule has 0 atom stereocenters. The Labute approximate surface area is 122 Å². The first-order chi connectivity index (χ1) is 8.71.